The van der Waals surface area contributed by atoms with Gasteiger partial charge in [-0.25, -0.2) is 4.79 Å². The summed E-state index contributed by atoms with van der Waals surface area (Å²) in [5.74, 6) is 0.407. The molecule has 6 nitrogen and oxygen atoms in total. The molecule has 1 N–H and O–H groups in total. The van der Waals surface area contributed by atoms with E-state index < -0.39 is 0 Å². The molecule has 1 heterocycles. The fourth-order valence-corrected chi connectivity index (χ4v) is 3.26. The van der Waals surface area contributed by atoms with Crippen molar-refractivity contribution in [2.24, 2.45) is 0 Å². The van der Waals surface area contributed by atoms with Crippen molar-refractivity contribution >= 4 is 46.5 Å². The van der Waals surface area contributed by atoms with E-state index in [1.807, 2.05) is 12.1 Å². The molecule has 26 heavy (non-hydrogen) atoms. The highest BCUT2D eigenvalue weighted by molar-refractivity contribution is 6.35. The number of ether oxygens (including phenoxy) is 1. The van der Waals surface area contributed by atoms with Crippen LogP contribution in [0.1, 0.15) is 0 Å². The Bertz CT molecular complexity index is 807. The number of benzene rings is 2. The number of hydrogen-bond acceptors (Lipinski definition) is 3. The normalized spacial score (nSPS) is 13.9. The molecular formula is C18H17Cl2N3O3. The molecule has 0 unspecified atom stereocenters. The number of urea groups is 1. The third kappa shape index (κ3) is 4.20. The Balaban J connectivity index is 1.61. The molecular weight excluding hydrogens is 377 g/mol. The standard InChI is InChI=1S/C18H17Cl2N3O3/c1-26-16-4-2-15(3-5-16)23-7-6-22(18(23)25)11-17(24)21-14-9-12(19)8-13(20)10-14/h2-5,8-10H,6-7,11H2,1H3,(H,21,24). The summed E-state index contributed by atoms with van der Waals surface area (Å²) in [6.45, 7) is 0.936. The van der Waals surface area contributed by atoms with E-state index in [-0.39, 0.29) is 18.5 Å². The highest BCUT2D eigenvalue weighted by Gasteiger charge is 2.30. The van der Waals surface area contributed by atoms with Gasteiger partial charge in [0.25, 0.3) is 0 Å². The van der Waals surface area contributed by atoms with Crippen LogP contribution in [0.15, 0.2) is 42.5 Å². The number of hydrogen-bond donors (Lipinski definition) is 1. The van der Waals surface area contributed by atoms with Crippen molar-refractivity contribution in [2.45, 2.75) is 0 Å². The average molecular weight is 394 g/mol. The zero-order valence-corrected chi connectivity index (χ0v) is 15.5. The summed E-state index contributed by atoms with van der Waals surface area (Å²) in [5.41, 5.74) is 1.26. The number of carbonyl (C=O) groups is 2. The Kier molecular flexibility index (Phi) is 5.54. The van der Waals surface area contributed by atoms with Crippen LogP contribution < -0.4 is 15.0 Å². The Labute approximate surface area is 161 Å². The zero-order chi connectivity index (χ0) is 18.7. The number of rotatable bonds is 5. The van der Waals surface area contributed by atoms with Gasteiger partial charge in [-0.1, -0.05) is 23.2 Å². The van der Waals surface area contributed by atoms with Crippen LogP contribution in [0.3, 0.4) is 0 Å². The summed E-state index contributed by atoms with van der Waals surface area (Å²) in [4.78, 5) is 27.9. The summed E-state index contributed by atoms with van der Waals surface area (Å²) in [6.07, 6.45) is 0. The lowest BCUT2D eigenvalue weighted by Gasteiger charge is -2.18. The Hall–Kier alpha value is -2.44. The average Bonchev–Trinajstić information content (AvgIpc) is 2.94. The molecule has 1 aliphatic heterocycles. The van der Waals surface area contributed by atoms with Gasteiger partial charge in [0, 0.05) is 34.5 Å². The van der Waals surface area contributed by atoms with E-state index in [4.69, 9.17) is 27.9 Å². The summed E-state index contributed by atoms with van der Waals surface area (Å²) < 4.78 is 5.12. The lowest BCUT2D eigenvalue weighted by molar-refractivity contribution is -0.116. The summed E-state index contributed by atoms with van der Waals surface area (Å²) in [7, 11) is 1.59. The van der Waals surface area contributed by atoms with Crippen molar-refractivity contribution in [3.05, 3.63) is 52.5 Å². The predicted molar refractivity (Wildman–Crippen MR) is 102 cm³/mol. The molecule has 0 saturated carbocycles. The molecule has 136 valence electrons. The van der Waals surface area contributed by atoms with Gasteiger partial charge in [0.2, 0.25) is 5.91 Å². The quantitative estimate of drug-likeness (QED) is 0.837. The smallest absolute Gasteiger partial charge is 0.325 e. The Morgan fingerprint density at radius 2 is 1.77 bits per heavy atom. The monoisotopic (exact) mass is 393 g/mol. The van der Waals surface area contributed by atoms with Crippen LogP contribution >= 0.6 is 23.2 Å². The first kappa shape index (κ1) is 18.4. The van der Waals surface area contributed by atoms with Gasteiger partial charge >= 0.3 is 6.03 Å². The third-order valence-electron chi connectivity index (χ3n) is 3.96. The van der Waals surface area contributed by atoms with E-state index in [0.717, 1.165) is 11.4 Å². The topological polar surface area (TPSA) is 61.9 Å². The second-order valence-corrected chi connectivity index (χ2v) is 6.63. The van der Waals surface area contributed by atoms with E-state index in [1.165, 1.54) is 4.90 Å². The Morgan fingerprint density at radius 3 is 2.38 bits per heavy atom. The molecule has 0 atom stereocenters. The van der Waals surface area contributed by atoms with E-state index >= 15 is 0 Å². The van der Waals surface area contributed by atoms with E-state index in [2.05, 4.69) is 5.32 Å². The number of methoxy groups -OCH3 is 1. The molecule has 8 heteroatoms. The van der Waals surface area contributed by atoms with Crippen LogP contribution in [0.25, 0.3) is 0 Å². The minimum Gasteiger partial charge on any atom is -0.497 e. The minimum absolute atomic E-state index is 0.0460. The van der Waals surface area contributed by atoms with Gasteiger partial charge in [-0.2, -0.15) is 0 Å². The van der Waals surface area contributed by atoms with Gasteiger partial charge in [-0.05, 0) is 42.5 Å². The first-order valence-corrected chi connectivity index (χ1v) is 8.68. The molecule has 0 aromatic heterocycles. The van der Waals surface area contributed by atoms with Crippen LogP contribution in [-0.2, 0) is 4.79 Å². The molecule has 1 aliphatic rings. The zero-order valence-electron chi connectivity index (χ0n) is 14.0. The van der Waals surface area contributed by atoms with Crippen LogP contribution in [-0.4, -0.2) is 43.6 Å². The lowest BCUT2D eigenvalue weighted by atomic mass is 10.3. The maximum atomic E-state index is 12.6. The summed E-state index contributed by atoms with van der Waals surface area (Å²) in [6, 6.07) is 11.8. The fourth-order valence-electron chi connectivity index (χ4n) is 2.73. The van der Waals surface area contributed by atoms with Crippen molar-refractivity contribution in [3.8, 4) is 5.75 Å². The second kappa shape index (κ2) is 7.85. The SMILES string of the molecule is COc1ccc(N2CCN(CC(=O)Nc3cc(Cl)cc(Cl)c3)C2=O)cc1. The van der Waals surface area contributed by atoms with Crippen molar-refractivity contribution in [1.29, 1.82) is 0 Å². The van der Waals surface area contributed by atoms with Crippen LogP contribution in [0, 0.1) is 0 Å². The molecule has 0 bridgehead atoms. The van der Waals surface area contributed by atoms with Gasteiger partial charge in [0.15, 0.2) is 0 Å². The van der Waals surface area contributed by atoms with Crippen LogP contribution in [0.2, 0.25) is 10.0 Å². The van der Waals surface area contributed by atoms with Crippen molar-refractivity contribution < 1.29 is 14.3 Å². The third-order valence-corrected chi connectivity index (χ3v) is 4.40. The van der Waals surface area contributed by atoms with E-state index in [9.17, 15) is 9.59 Å². The highest BCUT2D eigenvalue weighted by Crippen LogP contribution is 2.24. The largest absolute Gasteiger partial charge is 0.497 e. The number of nitrogens with one attached hydrogen (secondary N) is 1. The van der Waals surface area contributed by atoms with E-state index in [0.29, 0.717) is 28.8 Å². The molecule has 3 rings (SSSR count). The number of nitrogens with zero attached hydrogens (tertiary/aromatic N) is 2. The van der Waals surface area contributed by atoms with Crippen LogP contribution in [0.5, 0.6) is 5.75 Å². The lowest BCUT2D eigenvalue weighted by Crippen LogP contribution is -2.37. The number of halogens is 2. The van der Waals surface area contributed by atoms with Gasteiger partial charge in [-0.3, -0.25) is 9.69 Å². The predicted octanol–water partition coefficient (Wildman–Crippen LogP) is 3.88. The number of amides is 3. The first-order valence-electron chi connectivity index (χ1n) is 7.93. The van der Waals surface area contributed by atoms with Gasteiger partial charge < -0.3 is 15.0 Å². The number of anilines is 2. The molecule has 1 saturated heterocycles. The molecule has 3 amide bonds. The molecule has 2 aromatic rings. The molecule has 0 radical (unpaired) electrons. The summed E-state index contributed by atoms with van der Waals surface area (Å²) >= 11 is 11.8. The summed E-state index contributed by atoms with van der Waals surface area (Å²) in [5, 5.41) is 3.56. The van der Waals surface area contributed by atoms with Gasteiger partial charge in [0.1, 0.15) is 12.3 Å². The van der Waals surface area contributed by atoms with Crippen LogP contribution in [0.4, 0.5) is 16.2 Å². The molecule has 0 aliphatic carbocycles. The highest BCUT2D eigenvalue weighted by atomic mass is 35.5. The molecule has 1 fully saturated rings. The molecule has 0 spiro atoms. The van der Waals surface area contributed by atoms with Crippen molar-refractivity contribution in [3.63, 3.8) is 0 Å². The number of carbonyl (C=O) groups excluding carboxylic acids is 2. The van der Waals surface area contributed by atoms with Gasteiger partial charge in [-0.15, -0.1) is 0 Å². The second-order valence-electron chi connectivity index (χ2n) is 5.76. The Morgan fingerprint density at radius 1 is 1.12 bits per heavy atom. The fraction of sp³-hybridized carbons (Fsp3) is 0.222. The minimum atomic E-state index is -0.312. The maximum Gasteiger partial charge on any atom is 0.325 e. The first-order chi connectivity index (χ1) is 12.5. The van der Waals surface area contributed by atoms with E-state index in [1.54, 1.807) is 42.3 Å². The maximum absolute atomic E-state index is 12.6. The molecule has 2 aromatic carbocycles. The van der Waals surface area contributed by atoms with Gasteiger partial charge in [0.05, 0.1) is 7.11 Å². The van der Waals surface area contributed by atoms with Crippen molar-refractivity contribution in [1.82, 2.24) is 4.90 Å². The van der Waals surface area contributed by atoms with Crippen molar-refractivity contribution in [2.75, 3.05) is 37.0 Å².